The summed E-state index contributed by atoms with van der Waals surface area (Å²) in [6.45, 7) is 1.67. The van der Waals surface area contributed by atoms with Gasteiger partial charge in [0.1, 0.15) is 5.82 Å². The third kappa shape index (κ3) is 1.30. The van der Waals surface area contributed by atoms with Gasteiger partial charge < -0.3 is 5.73 Å². The minimum atomic E-state index is -0.471. The summed E-state index contributed by atoms with van der Waals surface area (Å²) in [4.78, 5) is 0. The van der Waals surface area contributed by atoms with E-state index in [0.717, 1.165) is 0 Å². The Labute approximate surface area is 64.1 Å². The van der Waals surface area contributed by atoms with Gasteiger partial charge in [0.2, 0.25) is 0 Å². The molecule has 0 aliphatic carbocycles. The van der Waals surface area contributed by atoms with Crippen molar-refractivity contribution >= 4 is 5.69 Å². The minimum absolute atomic E-state index is 0.0205. The monoisotopic (exact) mass is 150 g/mol. The zero-order valence-electron chi connectivity index (χ0n) is 6.06. The highest BCUT2D eigenvalue weighted by atomic mass is 19.1. The molecule has 1 rings (SSSR count). The second-order valence-corrected chi connectivity index (χ2v) is 2.30. The van der Waals surface area contributed by atoms with Crippen LogP contribution in [-0.4, -0.2) is 0 Å². The van der Waals surface area contributed by atoms with E-state index >= 15 is 0 Å². The van der Waals surface area contributed by atoms with Crippen molar-refractivity contribution in [1.82, 2.24) is 0 Å². The number of nitrogens with two attached hydrogens (primary N) is 1. The molecule has 0 saturated carbocycles. The zero-order chi connectivity index (χ0) is 8.43. The zero-order valence-corrected chi connectivity index (χ0v) is 6.06. The van der Waals surface area contributed by atoms with Crippen molar-refractivity contribution in [2.45, 2.75) is 6.92 Å². The van der Waals surface area contributed by atoms with E-state index < -0.39 is 5.82 Å². The number of nitrogens with zero attached hydrogens (tertiary/aromatic N) is 1. The summed E-state index contributed by atoms with van der Waals surface area (Å²) >= 11 is 0. The van der Waals surface area contributed by atoms with Crippen LogP contribution >= 0.6 is 0 Å². The molecule has 0 saturated heterocycles. The predicted octanol–water partition coefficient (Wildman–Crippen LogP) is 1.59. The van der Waals surface area contributed by atoms with E-state index in [1.807, 2.05) is 6.07 Å². The van der Waals surface area contributed by atoms with Crippen LogP contribution in [0, 0.1) is 24.1 Å². The minimum Gasteiger partial charge on any atom is -0.396 e. The molecule has 1 aromatic rings. The van der Waals surface area contributed by atoms with E-state index in [-0.39, 0.29) is 5.69 Å². The first-order chi connectivity index (χ1) is 5.15. The fraction of sp³-hybridized carbons (Fsp3) is 0.125. The maximum atomic E-state index is 12.7. The molecule has 0 aromatic heterocycles. The van der Waals surface area contributed by atoms with Crippen LogP contribution in [0.3, 0.4) is 0 Å². The largest absolute Gasteiger partial charge is 0.396 e. The molecule has 0 amide bonds. The van der Waals surface area contributed by atoms with Crippen molar-refractivity contribution in [3.63, 3.8) is 0 Å². The van der Waals surface area contributed by atoms with E-state index in [4.69, 9.17) is 11.0 Å². The van der Waals surface area contributed by atoms with Gasteiger partial charge in [0.25, 0.3) is 0 Å². The number of rotatable bonds is 0. The molecule has 56 valence electrons. The van der Waals surface area contributed by atoms with Gasteiger partial charge in [-0.2, -0.15) is 5.26 Å². The SMILES string of the molecule is Cc1cc(F)c(N)cc1C#N. The van der Waals surface area contributed by atoms with Crippen LogP contribution in [0.15, 0.2) is 12.1 Å². The number of nitrogen functional groups attached to an aromatic ring is 1. The normalized spacial score (nSPS) is 9.18. The maximum absolute atomic E-state index is 12.7. The van der Waals surface area contributed by atoms with Gasteiger partial charge in [-0.1, -0.05) is 0 Å². The molecule has 0 spiro atoms. The number of hydrogen-bond donors (Lipinski definition) is 1. The Morgan fingerprint density at radius 2 is 2.18 bits per heavy atom. The molecule has 0 radical (unpaired) electrons. The molecule has 0 bridgehead atoms. The Balaban J connectivity index is 3.35. The standard InChI is InChI=1S/C8H7FN2/c1-5-2-7(9)8(11)3-6(5)4-10/h2-3H,11H2,1H3. The molecular weight excluding hydrogens is 143 g/mol. The Hall–Kier alpha value is -1.56. The lowest BCUT2D eigenvalue weighted by Gasteiger charge is -1.99. The molecular formula is C8H7FN2. The van der Waals surface area contributed by atoms with Crippen LogP contribution in [0.1, 0.15) is 11.1 Å². The van der Waals surface area contributed by atoms with Crippen molar-refractivity contribution in [3.8, 4) is 6.07 Å². The summed E-state index contributed by atoms with van der Waals surface area (Å²) in [5.74, 6) is -0.471. The molecule has 3 heteroatoms. The second-order valence-electron chi connectivity index (χ2n) is 2.30. The number of hydrogen-bond acceptors (Lipinski definition) is 2. The number of halogens is 1. The molecule has 2 nitrogen and oxygen atoms in total. The molecule has 11 heavy (non-hydrogen) atoms. The van der Waals surface area contributed by atoms with Gasteiger partial charge in [0.05, 0.1) is 17.3 Å². The van der Waals surface area contributed by atoms with Crippen molar-refractivity contribution < 1.29 is 4.39 Å². The predicted molar refractivity (Wildman–Crippen MR) is 40.3 cm³/mol. The van der Waals surface area contributed by atoms with E-state index in [2.05, 4.69) is 0 Å². The quantitative estimate of drug-likeness (QED) is 0.571. The number of aryl methyl sites for hydroxylation is 1. The lowest BCUT2D eigenvalue weighted by Crippen LogP contribution is -1.93. The third-order valence-electron chi connectivity index (χ3n) is 1.46. The fourth-order valence-corrected chi connectivity index (χ4v) is 0.810. The molecule has 2 N–H and O–H groups in total. The molecule has 0 heterocycles. The fourth-order valence-electron chi connectivity index (χ4n) is 0.810. The van der Waals surface area contributed by atoms with Gasteiger partial charge in [0, 0.05) is 0 Å². The highest BCUT2D eigenvalue weighted by Crippen LogP contribution is 2.15. The summed E-state index contributed by atoms with van der Waals surface area (Å²) < 4.78 is 12.7. The summed E-state index contributed by atoms with van der Waals surface area (Å²) in [6, 6.07) is 4.51. The molecule has 0 fully saturated rings. The molecule has 0 aliphatic heterocycles. The Morgan fingerprint density at radius 3 is 2.73 bits per heavy atom. The molecule has 0 unspecified atom stereocenters. The summed E-state index contributed by atoms with van der Waals surface area (Å²) in [5.41, 5.74) is 6.29. The van der Waals surface area contributed by atoms with Crippen molar-refractivity contribution in [3.05, 3.63) is 29.1 Å². The first kappa shape index (κ1) is 7.55. The van der Waals surface area contributed by atoms with Crippen LogP contribution in [0.25, 0.3) is 0 Å². The van der Waals surface area contributed by atoms with Crippen LogP contribution in [-0.2, 0) is 0 Å². The van der Waals surface area contributed by atoms with Crippen LogP contribution in [0.4, 0.5) is 10.1 Å². The molecule has 0 atom stereocenters. The van der Waals surface area contributed by atoms with E-state index in [0.29, 0.717) is 11.1 Å². The smallest absolute Gasteiger partial charge is 0.146 e. The first-order valence-corrected chi connectivity index (χ1v) is 3.11. The Bertz CT molecular complexity index is 326. The van der Waals surface area contributed by atoms with Gasteiger partial charge in [-0.3, -0.25) is 0 Å². The van der Waals surface area contributed by atoms with Crippen LogP contribution in [0.2, 0.25) is 0 Å². The maximum Gasteiger partial charge on any atom is 0.146 e. The lowest BCUT2D eigenvalue weighted by atomic mass is 10.1. The van der Waals surface area contributed by atoms with Gasteiger partial charge >= 0.3 is 0 Å². The average molecular weight is 150 g/mol. The van der Waals surface area contributed by atoms with Crippen LogP contribution in [0.5, 0.6) is 0 Å². The van der Waals surface area contributed by atoms with Gasteiger partial charge in [0.15, 0.2) is 0 Å². The highest BCUT2D eigenvalue weighted by molar-refractivity contribution is 5.50. The van der Waals surface area contributed by atoms with Crippen molar-refractivity contribution in [2.24, 2.45) is 0 Å². The molecule has 1 aromatic carbocycles. The summed E-state index contributed by atoms with van der Waals surface area (Å²) in [5, 5.41) is 8.51. The van der Waals surface area contributed by atoms with E-state index in [1.54, 1.807) is 6.92 Å². The Kier molecular flexibility index (Phi) is 1.77. The van der Waals surface area contributed by atoms with E-state index in [1.165, 1.54) is 12.1 Å². The van der Waals surface area contributed by atoms with Crippen molar-refractivity contribution in [2.75, 3.05) is 5.73 Å². The Morgan fingerprint density at radius 1 is 1.55 bits per heavy atom. The number of anilines is 1. The highest BCUT2D eigenvalue weighted by Gasteiger charge is 2.02. The lowest BCUT2D eigenvalue weighted by molar-refractivity contribution is 0.631. The van der Waals surface area contributed by atoms with Crippen molar-refractivity contribution in [1.29, 1.82) is 5.26 Å². The topological polar surface area (TPSA) is 49.8 Å². The molecule has 0 aliphatic rings. The first-order valence-electron chi connectivity index (χ1n) is 3.11. The summed E-state index contributed by atoms with van der Waals surface area (Å²) in [6.07, 6.45) is 0. The van der Waals surface area contributed by atoms with Gasteiger partial charge in [-0.15, -0.1) is 0 Å². The average Bonchev–Trinajstić information content (AvgIpc) is 1.97. The number of benzene rings is 1. The second kappa shape index (κ2) is 2.59. The number of nitriles is 1. The summed E-state index contributed by atoms with van der Waals surface area (Å²) in [7, 11) is 0. The van der Waals surface area contributed by atoms with Crippen LogP contribution < -0.4 is 5.73 Å². The van der Waals surface area contributed by atoms with E-state index in [9.17, 15) is 4.39 Å². The third-order valence-corrected chi connectivity index (χ3v) is 1.46. The van der Waals surface area contributed by atoms with Gasteiger partial charge in [-0.05, 0) is 24.6 Å². The van der Waals surface area contributed by atoms with Gasteiger partial charge in [-0.25, -0.2) is 4.39 Å².